The topological polar surface area (TPSA) is 20.2 Å². The molecule has 0 amide bonds. The minimum absolute atomic E-state index is 0.423. The van der Waals surface area contributed by atoms with Gasteiger partial charge in [0.1, 0.15) is 0 Å². The quantitative estimate of drug-likeness (QED) is 0.612. The maximum absolute atomic E-state index is 9.09. The van der Waals surface area contributed by atoms with Crippen molar-refractivity contribution in [1.29, 1.82) is 0 Å². The largest absolute Gasteiger partial charge is 0.512 e. The molecule has 1 aromatic carbocycles. The van der Waals surface area contributed by atoms with Gasteiger partial charge < -0.3 is 5.11 Å². The Hall–Kier alpha value is -1.15. The Balaban J connectivity index is 0.000000361. The van der Waals surface area contributed by atoms with Crippen molar-refractivity contribution < 1.29 is 5.11 Å². The SMILES string of the molecule is C=CS/C(CCC)=C(\C)O.CCCc1ccc(C)cc1. The summed E-state index contributed by atoms with van der Waals surface area (Å²) in [6.07, 6.45) is 4.45. The monoisotopic (exact) mass is 292 g/mol. The summed E-state index contributed by atoms with van der Waals surface area (Å²) < 4.78 is 0. The summed E-state index contributed by atoms with van der Waals surface area (Å²) in [7, 11) is 0. The van der Waals surface area contributed by atoms with Crippen LogP contribution in [-0.4, -0.2) is 5.11 Å². The van der Waals surface area contributed by atoms with Gasteiger partial charge in [-0.2, -0.15) is 0 Å². The predicted molar refractivity (Wildman–Crippen MR) is 93.2 cm³/mol. The number of hydrogen-bond acceptors (Lipinski definition) is 2. The Labute approximate surface area is 128 Å². The molecule has 1 nitrogen and oxygen atoms in total. The van der Waals surface area contributed by atoms with Crippen LogP contribution in [0.3, 0.4) is 0 Å². The fourth-order valence-electron chi connectivity index (χ4n) is 1.70. The molecule has 0 saturated carbocycles. The normalized spacial score (nSPS) is 11.2. The Bertz CT molecular complexity index is 400. The summed E-state index contributed by atoms with van der Waals surface area (Å²) in [6, 6.07) is 8.76. The average molecular weight is 292 g/mol. The van der Waals surface area contributed by atoms with Gasteiger partial charge in [-0.25, -0.2) is 0 Å². The van der Waals surface area contributed by atoms with Crippen LogP contribution in [0, 0.1) is 6.92 Å². The van der Waals surface area contributed by atoms with Crippen molar-refractivity contribution in [3.05, 3.63) is 58.0 Å². The third kappa shape index (κ3) is 8.87. The third-order valence-electron chi connectivity index (χ3n) is 2.77. The zero-order chi connectivity index (χ0) is 15.4. The summed E-state index contributed by atoms with van der Waals surface area (Å²) in [5.74, 6) is 0.423. The average Bonchev–Trinajstić information content (AvgIpc) is 2.42. The summed E-state index contributed by atoms with van der Waals surface area (Å²) >= 11 is 1.50. The highest BCUT2D eigenvalue weighted by Crippen LogP contribution is 2.23. The molecule has 0 unspecified atom stereocenters. The molecule has 1 aromatic rings. The van der Waals surface area contributed by atoms with E-state index in [-0.39, 0.29) is 0 Å². The highest BCUT2D eigenvalue weighted by molar-refractivity contribution is 8.05. The molecule has 1 N–H and O–H groups in total. The molecule has 0 fully saturated rings. The maximum atomic E-state index is 9.09. The lowest BCUT2D eigenvalue weighted by atomic mass is 10.1. The highest BCUT2D eigenvalue weighted by Gasteiger charge is 1.97. The second-order valence-electron chi connectivity index (χ2n) is 4.78. The lowest BCUT2D eigenvalue weighted by Gasteiger charge is -2.01. The number of rotatable bonds is 6. The van der Waals surface area contributed by atoms with E-state index in [0.717, 1.165) is 17.7 Å². The molecule has 0 bridgehead atoms. The maximum Gasteiger partial charge on any atom is 0.0989 e. The number of aliphatic hydroxyl groups is 1. The van der Waals surface area contributed by atoms with E-state index >= 15 is 0 Å². The second kappa shape index (κ2) is 11.7. The van der Waals surface area contributed by atoms with Gasteiger partial charge in [0, 0.05) is 4.91 Å². The number of aryl methyl sites for hydroxylation is 2. The molecule has 0 spiro atoms. The summed E-state index contributed by atoms with van der Waals surface area (Å²) in [6.45, 7) is 11.7. The Morgan fingerprint density at radius 1 is 1.20 bits per heavy atom. The molecular formula is C18H28OS. The summed E-state index contributed by atoms with van der Waals surface area (Å²) in [5, 5.41) is 10.8. The molecule has 0 atom stereocenters. The summed E-state index contributed by atoms with van der Waals surface area (Å²) in [5.41, 5.74) is 2.80. The van der Waals surface area contributed by atoms with Crippen LogP contribution in [0.5, 0.6) is 0 Å². The van der Waals surface area contributed by atoms with Gasteiger partial charge in [-0.15, -0.1) is 0 Å². The van der Waals surface area contributed by atoms with Crippen LogP contribution < -0.4 is 0 Å². The van der Waals surface area contributed by atoms with Crippen molar-refractivity contribution in [2.75, 3.05) is 0 Å². The van der Waals surface area contributed by atoms with Crippen LogP contribution in [0.25, 0.3) is 0 Å². The number of benzene rings is 1. The minimum Gasteiger partial charge on any atom is -0.512 e. The van der Waals surface area contributed by atoms with Crippen LogP contribution in [-0.2, 0) is 6.42 Å². The van der Waals surface area contributed by atoms with Gasteiger partial charge in [-0.05, 0) is 37.7 Å². The van der Waals surface area contributed by atoms with E-state index < -0.39 is 0 Å². The molecule has 2 heteroatoms. The van der Waals surface area contributed by atoms with Crippen molar-refractivity contribution in [3.63, 3.8) is 0 Å². The van der Waals surface area contributed by atoms with Gasteiger partial charge >= 0.3 is 0 Å². The Kier molecular flexibility index (Phi) is 11.0. The van der Waals surface area contributed by atoms with Crippen LogP contribution in [0.2, 0.25) is 0 Å². The van der Waals surface area contributed by atoms with E-state index in [4.69, 9.17) is 5.11 Å². The zero-order valence-electron chi connectivity index (χ0n) is 13.3. The number of thioether (sulfide) groups is 1. The Morgan fingerprint density at radius 2 is 1.80 bits per heavy atom. The number of hydrogen-bond donors (Lipinski definition) is 1. The first kappa shape index (κ1) is 18.9. The van der Waals surface area contributed by atoms with Gasteiger partial charge in [0.05, 0.1) is 5.76 Å². The minimum atomic E-state index is 0.423. The molecule has 0 aliphatic rings. The van der Waals surface area contributed by atoms with Crippen molar-refractivity contribution in [2.24, 2.45) is 0 Å². The second-order valence-corrected chi connectivity index (χ2v) is 5.84. The van der Waals surface area contributed by atoms with Crippen molar-refractivity contribution in [2.45, 2.75) is 53.4 Å². The first-order chi connectivity index (χ1) is 9.54. The fraction of sp³-hybridized carbons (Fsp3) is 0.444. The first-order valence-electron chi connectivity index (χ1n) is 7.26. The van der Waals surface area contributed by atoms with Gasteiger partial charge in [0.15, 0.2) is 0 Å². The molecule has 112 valence electrons. The fourth-order valence-corrected chi connectivity index (χ4v) is 2.39. The molecule has 0 aliphatic carbocycles. The van der Waals surface area contributed by atoms with Gasteiger partial charge in [-0.1, -0.05) is 74.9 Å². The smallest absolute Gasteiger partial charge is 0.0989 e. The molecule has 0 aromatic heterocycles. The van der Waals surface area contributed by atoms with Gasteiger partial charge in [0.25, 0.3) is 0 Å². The molecule has 20 heavy (non-hydrogen) atoms. The van der Waals surface area contributed by atoms with Gasteiger partial charge in [0.2, 0.25) is 0 Å². The van der Waals surface area contributed by atoms with E-state index in [0.29, 0.717) is 5.76 Å². The zero-order valence-corrected chi connectivity index (χ0v) is 14.1. The lowest BCUT2D eigenvalue weighted by Crippen LogP contribution is -1.81. The van der Waals surface area contributed by atoms with Crippen molar-refractivity contribution >= 4 is 11.8 Å². The standard InChI is InChI=1S/C10H14.C8H14OS/c1-3-4-10-7-5-9(2)6-8-10;1-4-6-8(7(3)9)10-5-2/h5-8H,3-4H2,1-2H3;5,9H,2,4,6H2,1,3H3/b;8-7+. The molecule has 0 heterocycles. The van der Waals surface area contributed by atoms with E-state index in [9.17, 15) is 0 Å². The Morgan fingerprint density at radius 3 is 2.20 bits per heavy atom. The molecule has 0 radical (unpaired) electrons. The summed E-state index contributed by atoms with van der Waals surface area (Å²) in [4.78, 5) is 1.03. The molecule has 0 aliphatic heterocycles. The third-order valence-corrected chi connectivity index (χ3v) is 3.72. The van der Waals surface area contributed by atoms with Crippen LogP contribution >= 0.6 is 11.8 Å². The molecule has 0 saturated heterocycles. The molecule has 1 rings (SSSR count). The van der Waals surface area contributed by atoms with Crippen molar-refractivity contribution in [1.82, 2.24) is 0 Å². The van der Waals surface area contributed by atoms with Gasteiger partial charge in [-0.3, -0.25) is 0 Å². The van der Waals surface area contributed by atoms with Crippen LogP contribution in [0.4, 0.5) is 0 Å². The predicted octanol–water partition coefficient (Wildman–Crippen LogP) is 6.40. The lowest BCUT2D eigenvalue weighted by molar-refractivity contribution is 0.409. The number of allylic oxidation sites excluding steroid dienone is 2. The van der Waals surface area contributed by atoms with E-state index in [1.807, 2.05) is 0 Å². The highest BCUT2D eigenvalue weighted by atomic mass is 32.2. The van der Waals surface area contributed by atoms with E-state index in [1.54, 1.807) is 12.3 Å². The van der Waals surface area contributed by atoms with E-state index in [2.05, 4.69) is 51.6 Å². The molecular weight excluding hydrogens is 264 g/mol. The number of aliphatic hydroxyl groups excluding tert-OH is 1. The first-order valence-corrected chi connectivity index (χ1v) is 8.14. The van der Waals surface area contributed by atoms with Crippen LogP contribution in [0.1, 0.15) is 51.2 Å². The van der Waals surface area contributed by atoms with E-state index in [1.165, 1.54) is 35.7 Å². The van der Waals surface area contributed by atoms with Crippen LogP contribution in [0.15, 0.2) is 46.9 Å². The van der Waals surface area contributed by atoms with Crippen molar-refractivity contribution in [3.8, 4) is 0 Å².